The predicted molar refractivity (Wildman–Crippen MR) is 74.8 cm³/mol. The first-order valence-corrected chi connectivity index (χ1v) is 6.43. The highest BCUT2D eigenvalue weighted by molar-refractivity contribution is 6.39. The van der Waals surface area contributed by atoms with Crippen molar-refractivity contribution in [2.75, 3.05) is 5.32 Å². The van der Waals surface area contributed by atoms with Crippen LogP contribution in [-0.4, -0.2) is 21.6 Å². The summed E-state index contributed by atoms with van der Waals surface area (Å²) in [5, 5.41) is 8.54. The van der Waals surface area contributed by atoms with Crippen LogP contribution >= 0.6 is 0 Å². The van der Waals surface area contributed by atoms with E-state index in [0.717, 1.165) is 6.07 Å². The highest BCUT2D eigenvalue weighted by Crippen LogP contribution is 2.17. The summed E-state index contributed by atoms with van der Waals surface area (Å²) in [5.74, 6) is -3.15. The molecule has 6 nitrogen and oxygen atoms in total. The molecule has 2 rings (SSSR count). The van der Waals surface area contributed by atoms with E-state index in [1.165, 1.54) is 23.7 Å². The fourth-order valence-corrected chi connectivity index (χ4v) is 1.85. The first-order valence-electron chi connectivity index (χ1n) is 6.43. The summed E-state index contributed by atoms with van der Waals surface area (Å²) in [6.45, 7) is 1.49. The van der Waals surface area contributed by atoms with Gasteiger partial charge in [-0.2, -0.15) is 5.10 Å². The van der Waals surface area contributed by atoms with Crippen molar-refractivity contribution >= 4 is 17.6 Å². The second-order valence-electron chi connectivity index (χ2n) is 4.69. The number of halogens is 2. The van der Waals surface area contributed by atoms with Crippen LogP contribution in [0.4, 0.5) is 14.6 Å². The lowest BCUT2D eigenvalue weighted by atomic mass is 10.1. The van der Waals surface area contributed by atoms with Gasteiger partial charge in [0.05, 0.1) is 6.04 Å². The molecular formula is C14H14F2N4O2. The maximum atomic E-state index is 13.6. The summed E-state index contributed by atoms with van der Waals surface area (Å²) in [6.07, 6.45) is 1.60. The Kier molecular flexibility index (Phi) is 4.50. The molecule has 2 amide bonds. The van der Waals surface area contributed by atoms with Crippen LogP contribution in [-0.2, 0) is 16.6 Å². The summed E-state index contributed by atoms with van der Waals surface area (Å²) in [6, 6.07) is 3.74. The van der Waals surface area contributed by atoms with Crippen LogP contribution in [0.15, 0.2) is 30.5 Å². The second-order valence-corrected chi connectivity index (χ2v) is 4.69. The van der Waals surface area contributed by atoms with Crippen LogP contribution in [0.1, 0.15) is 18.5 Å². The Bertz CT molecular complexity index is 715. The van der Waals surface area contributed by atoms with E-state index < -0.39 is 29.5 Å². The Morgan fingerprint density at radius 2 is 1.95 bits per heavy atom. The molecular weight excluding hydrogens is 294 g/mol. The van der Waals surface area contributed by atoms with Crippen LogP contribution in [0.3, 0.4) is 0 Å². The van der Waals surface area contributed by atoms with E-state index >= 15 is 0 Å². The number of aromatic nitrogens is 2. The molecule has 0 fully saturated rings. The molecule has 0 aliphatic carbocycles. The third-order valence-corrected chi connectivity index (χ3v) is 2.94. The van der Waals surface area contributed by atoms with Gasteiger partial charge in [0.2, 0.25) is 0 Å². The minimum Gasteiger partial charge on any atom is -0.341 e. The molecule has 22 heavy (non-hydrogen) atoms. The van der Waals surface area contributed by atoms with Gasteiger partial charge in [0.25, 0.3) is 0 Å². The first kappa shape index (κ1) is 15.6. The normalized spacial score (nSPS) is 11.8. The van der Waals surface area contributed by atoms with E-state index in [4.69, 9.17) is 0 Å². The van der Waals surface area contributed by atoms with Gasteiger partial charge < -0.3 is 10.6 Å². The molecule has 1 atom stereocenters. The molecule has 8 heteroatoms. The van der Waals surface area contributed by atoms with Crippen LogP contribution in [0.2, 0.25) is 0 Å². The van der Waals surface area contributed by atoms with E-state index in [-0.39, 0.29) is 11.4 Å². The Morgan fingerprint density at radius 1 is 1.23 bits per heavy atom. The molecule has 0 radical (unpaired) electrons. The minimum atomic E-state index is -0.943. The molecule has 116 valence electrons. The maximum Gasteiger partial charge on any atom is 0.314 e. The van der Waals surface area contributed by atoms with Crippen molar-refractivity contribution in [1.29, 1.82) is 0 Å². The molecule has 1 heterocycles. The van der Waals surface area contributed by atoms with E-state index in [2.05, 4.69) is 15.7 Å². The molecule has 2 aromatic rings. The summed E-state index contributed by atoms with van der Waals surface area (Å²) >= 11 is 0. The molecule has 0 bridgehead atoms. The van der Waals surface area contributed by atoms with Gasteiger partial charge in [0, 0.05) is 30.9 Å². The number of hydrogen-bond acceptors (Lipinski definition) is 3. The SMILES string of the molecule is C[C@@H](NC(=O)C(=O)Nc1ccn(C)n1)c1ccc(F)cc1F. The first-order chi connectivity index (χ1) is 10.4. The van der Waals surface area contributed by atoms with E-state index in [1.807, 2.05) is 0 Å². The number of carbonyl (C=O) groups is 2. The number of amides is 2. The Morgan fingerprint density at radius 3 is 2.55 bits per heavy atom. The average molecular weight is 308 g/mol. The monoisotopic (exact) mass is 308 g/mol. The minimum absolute atomic E-state index is 0.0837. The molecule has 1 aromatic heterocycles. The lowest BCUT2D eigenvalue weighted by Gasteiger charge is -2.14. The maximum absolute atomic E-state index is 13.6. The third-order valence-electron chi connectivity index (χ3n) is 2.94. The molecule has 1 aromatic carbocycles. The van der Waals surface area contributed by atoms with Gasteiger partial charge in [-0.15, -0.1) is 0 Å². The van der Waals surface area contributed by atoms with Gasteiger partial charge in [0.15, 0.2) is 5.82 Å². The van der Waals surface area contributed by atoms with E-state index in [1.54, 1.807) is 13.2 Å². The van der Waals surface area contributed by atoms with Gasteiger partial charge in [-0.3, -0.25) is 14.3 Å². The summed E-state index contributed by atoms with van der Waals surface area (Å²) in [7, 11) is 1.66. The molecule has 0 spiro atoms. The van der Waals surface area contributed by atoms with Crippen LogP contribution in [0.25, 0.3) is 0 Å². The van der Waals surface area contributed by atoms with Gasteiger partial charge in [-0.05, 0) is 13.0 Å². The van der Waals surface area contributed by atoms with Crippen LogP contribution < -0.4 is 10.6 Å². The number of hydrogen-bond donors (Lipinski definition) is 2. The zero-order chi connectivity index (χ0) is 16.3. The highest BCUT2D eigenvalue weighted by Gasteiger charge is 2.20. The zero-order valence-electron chi connectivity index (χ0n) is 11.9. The van der Waals surface area contributed by atoms with Gasteiger partial charge in [0.1, 0.15) is 11.6 Å². The quantitative estimate of drug-likeness (QED) is 0.844. The van der Waals surface area contributed by atoms with Crippen molar-refractivity contribution in [1.82, 2.24) is 15.1 Å². The van der Waals surface area contributed by atoms with Crippen molar-refractivity contribution in [3.63, 3.8) is 0 Å². The standard InChI is InChI=1S/C14H14F2N4O2/c1-8(10-4-3-9(15)7-11(10)16)17-13(21)14(22)18-12-5-6-20(2)19-12/h3-8H,1-2H3,(H,17,21)(H,18,19,22)/t8-/m1/s1. The van der Waals surface area contributed by atoms with Crippen LogP contribution in [0.5, 0.6) is 0 Å². The van der Waals surface area contributed by atoms with Gasteiger partial charge in [-0.25, -0.2) is 8.78 Å². The number of aryl methyl sites for hydroxylation is 1. The molecule has 0 unspecified atom stereocenters. The molecule has 0 aliphatic heterocycles. The fourth-order valence-electron chi connectivity index (χ4n) is 1.85. The Hall–Kier alpha value is -2.77. The predicted octanol–water partition coefficient (Wildman–Crippen LogP) is 1.51. The number of nitrogens with one attached hydrogen (secondary N) is 2. The molecule has 0 aliphatic rings. The fraction of sp³-hybridized carbons (Fsp3) is 0.214. The summed E-state index contributed by atoms with van der Waals surface area (Å²) < 4.78 is 27.9. The lowest BCUT2D eigenvalue weighted by molar-refractivity contribution is -0.136. The average Bonchev–Trinajstić information content (AvgIpc) is 2.83. The second kappa shape index (κ2) is 6.33. The van der Waals surface area contributed by atoms with Gasteiger partial charge in [-0.1, -0.05) is 6.07 Å². The van der Waals surface area contributed by atoms with Crippen molar-refractivity contribution in [2.24, 2.45) is 7.05 Å². The van der Waals surface area contributed by atoms with Crippen molar-refractivity contribution in [3.05, 3.63) is 47.7 Å². The number of anilines is 1. The summed E-state index contributed by atoms with van der Waals surface area (Å²) in [4.78, 5) is 23.5. The van der Waals surface area contributed by atoms with Gasteiger partial charge >= 0.3 is 11.8 Å². The number of benzene rings is 1. The number of carbonyl (C=O) groups excluding carboxylic acids is 2. The van der Waals surface area contributed by atoms with Crippen molar-refractivity contribution in [3.8, 4) is 0 Å². The highest BCUT2D eigenvalue weighted by atomic mass is 19.1. The molecule has 0 saturated carbocycles. The number of rotatable bonds is 3. The summed E-state index contributed by atoms with van der Waals surface area (Å²) in [5.41, 5.74) is 0.0837. The lowest BCUT2D eigenvalue weighted by Crippen LogP contribution is -2.37. The van der Waals surface area contributed by atoms with Crippen molar-refractivity contribution < 1.29 is 18.4 Å². The van der Waals surface area contributed by atoms with E-state index in [0.29, 0.717) is 6.07 Å². The Labute approximate surface area is 125 Å². The molecule has 0 saturated heterocycles. The largest absolute Gasteiger partial charge is 0.341 e. The van der Waals surface area contributed by atoms with Crippen LogP contribution in [0, 0.1) is 11.6 Å². The Balaban J connectivity index is 1.99. The zero-order valence-corrected chi connectivity index (χ0v) is 11.9. The topological polar surface area (TPSA) is 76.0 Å². The smallest absolute Gasteiger partial charge is 0.314 e. The third kappa shape index (κ3) is 3.66. The number of nitrogens with zero attached hydrogens (tertiary/aromatic N) is 2. The van der Waals surface area contributed by atoms with E-state index in [9.17, 15) is 18.4 Å². The molecule has 2 N–H and O–H groups in total. The van der Waals surface area contributed by atoms with Crippen molar-refractivity contribution in [2.45, 2.75) is 13.0 Å².